The van der Waals surface area contributed by atoms with Gasteiger partial charge in [-0.2, -0.15) is 0 Å². The van der Waals surface area contributed by atoms with E-state index in [4.69, 9.17) is 9.47 Å². The molecule has 0 aromatic heterocycles. The monoisotopic (exact) mass is 273 g/mol. The molecule has 1 aromatic carbocycles. The number of esters is 1. The number of morpholine rings is 1. The van der Waals surface area contributed by atoms with Crippen molar-refractivity contribution in [1.82, 2.24) is 5.32 Å². The fourth-order valence-electron chi connectivity index (χ4n) is 3.42. The van der Waals surface area contributed by atoms with Gasteiger partial charge in [0.25, 0.3) is 0 Å². The first-order valence-corrected chi connectivity index (χ1v) is 7.21. The summed E-state index contributed by atoms with van der Waals surface area (Å²) in [7, 11) is 2.06. The average molecular weight is 273 g/mol. The summed E-state index contributed by atoms with van der Waals surface area (Å²) in [5.74, 6) is 0.166. The summed E-state index contributed by atoms with van der Waals surface area (Å²) < 4.78 is 11.4. The van der Waals surface area contributed by atoms with Crippen LogP contribution in [0.15, 0.2) is 30.3 Å². The topological polar surface area (TPSA) is 47.6 Å². The first kappa shape index (κ1) is 13.6. The standard InChI is InChI=1S/C15H20BNO3/c1-10-13-14(16)20-15(10,9-17-13)7-12(18)19-8-11-5-3-2-4-6-11/h2-6,10,13-14,17H,7-9,16H2,1H3/t10?,13?,14-,15+/m1/s1. The number of hydrogen-bond acceptors (Lipinski definition) is 4. The Morgan fingerprint density at radius 1 is 1.50 bits per heavy atom. The van der Waals surface area contributed by atoms with Crippen LogP contribution in [0.5, 0.6) is 0 Å². The van der Waals surface area contributed by atoms with Gasteiger partial charge in [-0.1, -0.05) is 37.3 Å². The zero-order valence-corrected chi connectivity index (χ0v) is 12.0. The molecule has 20 heavy (non-hydrogen) atoms. The van der Waals surface area contributed by atoms with Crippen LogP contribution in [0, 0.1) is 5.92 Å². The van der Waals surface area contributed by atoms with E-state index in [0.717, 1.165) is 12.1 Å². The van der Waals surface area contributed by atoms with Crippen molar-refractivity contribution in [2.24, 2.45) is 5.92 Å². The molecule has 2 bridgehead atoms. The number of benzene rings is 1. The molecule has 2 unspecified atom stereocenters. The molecule has 0 amide bonds. The molecule has 1 N–H and O–H groups in total. The van der Waals surface area contributed by atoms with Gasteiger partial charge in [0.15, 0.2) is 0 Å². The first-order chi connectivity index (χ1) is 9.61. The maximum absolute atomic E-state index is 12.1. The number of fused-ring (bicyclic) bond motifs is 2. The normalized spacial score (nSPS) is 35.1. The maximum Gasteiger partial charge on any atom is 0.309 e. The fraction of sp³-hybridized carbons (Fsp3) is 0.533. The summed E-state index contributed by atoms with van der Waals surface area (Å²) in [6.45, 7) is 3.22. The Hall–Kier alpha value is -1.33. The van der Waals surface area contributed by atoms with Crippen LogP contribution in [0.1, 0.15) is 18.9 Å². The molecule has 0 aliphatic carbocycles. The van der Waals surface area contributed by atoms with Gasteiger partial charge in [-0.15, -0.1) is 0 Å². The predicted octanol–water partition coefficient (Wildman–Crippen LogP) is 0.456. The third kappa shape index (κ3) is 2.36. The van der Waals surface area contributed by atoms with Crippen molar-refractivity contribution in [2.75, 3.05) is 6.54 Å². The second-order valence-electron chi connectivity index (χ2n) is 5.91. The fourth-order valence-corrected chi connectivity index (χ4v) is 3.42. The molecule has 2 fully saturated rings. The first-order valence-electron chi connectivity index (χ1n) is 7.21. The van der Waals surface area contributed by atoms with E-state index in [1.165, 1.54) is 0 Å². The molecule has 0 saturated carbocycles. The van der Waals surface area contributed by atoms with E-state index in [1.807, 2.05) is 30.3 Å². The Morgan fingerprint density at radius 2 is 2.25 bits per heavy atom. The SMILES string of the molecule is B[C@@H]1O[C@@]2(CC(=O)OCc3ccccc3)CNC1C2C. The largest absolute Gasteiger partial charge is 0.461 e. The maximum atomic E-state index is 12.1. The minimum atomic E-state index is -0.377. The van der Waals surface area contributed by atoms with E-state index >= 15 is 0 Å². The highest BCUT2D eigenvalue weighted by molar-refractivity contribution is 6.12. The number of rotatable bonds is 4. The summed E-state index contributed by atoms with van der Waals surface area (Å²) >= 11 is 0. The molecular weight excluding hydrogens is 253 g/mol. The molecule has 1 aromatic rings. The molecule has 0 radical (unpaired) electrons. The van der Waals surface area contributed by atoms with E-state index < -0.39 is 0 Å². The van der Waals surface area contributed by atoms with Crippen LogP contribution in [0.3, 0.4) is 0 Å². The van der Waals surface area contributed by atoms with Crippen molar-refractivity contribution in [2.45, 2.75) is 37.6 Å². The summed E-state index contributed by atoms with van der Waals surface area (Å²) in [5, 5.41) is 3.44. The van der Waals surface area contributed by atoms with Gasteiger partial charge in [-0.25, -0.2) is 0 Å². The Morgan fingerprint density at radius 3 is 2.85 bits per heavy atom. The lowest BCUT2D eigenvalue weighted by atomic mass is 9.84. The molecule has 2 heterocycles. The van der Waals surface area contributed by atoms with Crippen LogP contribution in [-0.4, -0.2) is 38.0 Å². The summed E-state index contributed by atoms with van der Waals surface area (Å²) in [6.07, 6.45) is 0.328. The Balaban J connectivity index is 1.57. The van der Waals surface area contributed by atoms with E-state index in [2.05, 4.69) is 20.1 Å². The van der Waals surface area contributed by atoms with Crippen molar-refractivity contribution in [3.63, 3.8) is 0 Å². The molecule has 2 saturated heterocycles. The highest BCUT2D eigenvalue weighted by Gasteiger charge is 2.56. The van der Waals surface area contributed by atoms with Gasteiger partial charge in [-0.3, -0.25) is 4.79 Å². The molecular formula is C15H20BNO3. The average Bonchev–Trinajstić information content (AvgIpc) is 2.86. The number of hydrogen-bond donors (Lipinski definition) is 1. The number of carbonyl (C=O) groups excluding carboxylic acids is 1. The second-order valence-corrected chi connectivity index (χ2v) is 5.91. The van der Waals surface area contributed by atoms with Gasteiger partial charge in [0.1, 0.15) is 14.5 Å². The molecule has 4 atom stereocenters. The van der Waals surface area contributed by atoms with Gasteiger partial charge >= 0.3 is 5.97 Å². The van der Waals surface area contributed by atoms with Gasteiger partial charge in [0.2, 0.25) is 0 Å². The highest BCUT2D eigenvalue weighted by Crippen LogP contribution is 2.42. The lowest BCUT2D eigenvalue weighted by Gasteiger charge is -2.30. The molecule has 0 spiro atoms. The van der Waals surface area contributed by atoms with E-state index in [9.17, 15) is 4.79 Å². The van der Waals surface area contributed by atoms with Crippen molar-refractivity contribution in [3.05, 3.63) is 35.9 Å². The molecule has 3 rings (SSSR count). The van der Waals surface area contributed by atoms with Gasteiger partial charge in [0.05, 0.1) is 12.0 Å². The minimum absolute atomic E-state index is 0.167. The van der Waals surface area contributed by atoms with Crippen LogP contribution in [-0.2, 0) is 20.9 Å². The Kier molecular flexibility index (Phi) is 3.56. The Bertz CT molecular complexity index is 495. The van der Waals surface area contributed by atoms with Crippen LogP contribution >= 0.6 is 0 Å². The second kappa shape index (κ2) is 5.22. The number of ether oxygens (including phenoxy) is 2. The third-order valence-corrected chi connectivity index (χ3v) is 4.62. The van der Waals surface area contributed by atoms with E-state index in [-0.39, 0.29) is 17.6 Å². The minimum Gasteiger partial charge on any atom is -0.461 e. The van der Waals surface area contributed by atoms with Gasteiger partial charge in [0, 0.05) is 24.5 Å². The molecule has 5 heteroatoms. The molecule has 106 valence electrons. The predicted molar refractivity (Wildman–Crippen MR) is 78.0 cm³/mol. The summed E-state index contributed by atoms with van der Waals surface area (Å²) in [4.78, 5) is 12.1. The van der Waals surface area contributed by atoms with E-state index in [1.54, 1.807) is 0 Å². The van der Waals surface area contributed by atoms with Gasteiger partial charge in [-0.05, 0) is 5.56 Å². The molecule has 2 aliphatic heterocycles. The zero-order valence-electron chi connectivity index (χ0n) is 12.0. The lowest BCUT2D eigenvalue weighted by Crippen LogP contribution is -2.46. The van der Waals surface area contributed by atoms with Crippen LogP contribution in [0.2, 0.25) is 0 Å². The number of carbonyl (C=O) groups is 1. The van der Waals surface area contributed by atoms with Gasteiger partial charge < -0.3 is 14.8 Å². The summed E-state index contributed by atoms with van der Waals surface area (Å²) in [6, 6.07) is 10.3. The van der Waals surface area contributed by atoms with Crippen LogP contribution in [0.4, 0.5) is 0 Å². The van der Waals surface area contributed by atoms with Crippen molar-refractivity contribution in [1.29, 1.82) is 0 Å². The van der Waals surface area contributed by atoms with Crippen LogP contribution < -0.4 is 5.32 Å². The van der Waals surface area contributed by atoms with Crippen molar-refractivity contribution < 1.29 is 14.3 Å². The molecule has 4 nitrogen and oxygen atoms in total. The number of nitrogens with one attached hydrogen (secondary N) is 1. The lowest BCUT2D eigenvalue weighted by molar-refractivity contribution is -0.153. The smallest absolute Gasteiger partial charge is 0.309 e. The Labute approximate surface area is 120 Å². The quantitative estimate of drug-likeness (QED) is 0.639. The van der Waals surface area contributed by atoms with E-state index in [0.29, 0.717) is 25.0 Å². The zero-order chi connectivity index (χ0) is 14.2. The summed E-state index contributed by atoms with van der Waals surface area (Å²) in [5.41, 5.74) is 0.632. The van der Waals surface area contributed by atoms with Crippen LogP contribution in [0.25, 0.3) is 0 Å². The van der Waals surface area contributed by atoms with Crippen molar-refractivity contribution in [3.8, 4) is 0 Å². The van der Waals surface area contributed by atoms with Crippen molar-refractivity contribution >= 4 is 13.8 Å². The third-order valence-electron chi connectivity index (χ3n) is 4.62. The highest BCUT2D eigenvalue weighted by atomic mass is 16.5. The molecule has 2 aliphatic rings.